The van der Waals surface area contributed by atoms with Crippen molar-refractivity contribution in [2.75, 3.05) is 11.4 Å². The van der Waals surface area contributed by atoms with Gasteiger partial charge in [-0.25, -0.2) is 0 Å². The highest BCUT2D eigenvalue weighted by molar-refractivity contribution is 6.02. The van der Waals surface area contributed by atoms with E-state index in [9.17, 15) is 9.59 Å². The molecule has 2 rings (SSSR count). The number of rotatable bonds is 3. The fourth-order valence-corrected chi connectivity index (χ4v) is 2.45. The third-order valence-electron chi connectivity index (χ3n) is 3.32. The minimum absolute atomic E-state index is 0.0858. The van der Waals surface area contributed by atoms with Crippen LogP contribution in [0.2, 0.25) is 0 Å². The minimum atomic E-state index is -0.810. The van der Waals surface area contributed by atoms with Gasteiger partial charge in [0.15, 0.2) is 5.78 Å². The van der Waals surface area contributed by atoms with Gasteiger partial charge in [0.2, 0.25) is 0 Å². The number of ketones is 1. The molecule has 0 radical (unpaired) electrons. The average Bonchev–Trinajstić information content (AvgIpc) is 2.49. The van der Waals surface area contributed by atoms with Crippen molar-refractivity contribution >= 4 is 17.4 Å². The molecule has 1 aromatic carbocycles. The second-order valence-corrected chi connectivity index (χ2v) is 4.68. The summed E-state index contributed by atoms with van der Waals surface area (Å²) in [5.74, 6) is -0.661. The van der Waals surface area contributed by atoms with Crippen LogP contribution in [-0.2, 0) is 4.79 Å². The summed E-state index contributed by atoms with van der Waals surface area (Å²) >= 11 is 0. The molecule has 0 saturated carbocycles. The van der Waals surface area contributed by atoms with Crippen molar-refractivity contribution in [2.45, 2.75) is 32.2 Å². The molecule has 1 atom stereocenters. The van der Waals surface area contributed by atoms with E-state index in [0.29, 0.717) is 12.0 Å². The van der Waals surface area contributed by atoms with Crippen LogP contribution >= 0.6 is 0 Å². The van der Waals surface area contributed by atoms with Crippen molar-refractivity contribution in [3.8, 4) is 0 Å². The summed E-state index contributed by atoms with van der Waals surface area (Å²) in [6.07, 6.45) is 1.40. The molecule has 1 aliphatic rings. The van der Waals surface area contributed by atoms with E-state index in [-0.39, 0.29) is 18.2 Å². The molecule has 1 N–H and O–H groups in total. The summed E-state index contributed by atoms with van der Waals surface area (Å²) in [6, 6.07) is 7.36. The molecule has 0 saturated heterocycles. The quantitative estimate of drug-likeness (QED) is 0.890. The van der Waals surface area contributed by atoms with E-state index in [0.717, 1.165) is 18.7 Å². The van der Waals surface area contributed by atoms with E-state index in [1.807, 2.05) is 36.1 Å². The molecule has 4 heteroatoms. The van der Waals surface area contributed by atoms with Crippen molar-refractivity contribution < 1.29 is 14.7 Å². The maximum atomic E-state index is 12.0. The molecule has 0 aliphatic carbocycles. The van der Waals surface area contributed by atoms with Crippen LogP contribution in [0, 0.1) is 0 Å². The number of para-hydroxylation sites is 1. The van der Waals surface area contributed by atoms with Gasteiger partial charge in [-0.2, -0.15) is 0 Å². The highest BCUT2D eigenvalue weighted by Gasteiger charge is 2.24. The van der Waals surface area contributed by atoms with E-state index < -0.39 is 5.97 Å². The molecule has 1 unspecified atom stereocenters. The zero-order valence-electron chi connectivity index (χ0n) is 10.4. The lowest BCUT2D eigenvalue weighted by Crippen LogP contribution is -2.35. The number of hydrogen-bond acceptors (Lipinski definition) is 3. The molecule has 18 heavy (non-hydrogen) atoms. The van der Waals surface area contributed by atoms with Crippen LogP contribution in [0.15, 0.2) is 24.3 Å². The Bertz CT molecular complexity index is 470. The van der Waals surface area contributed by atoms with Gasteiger partial charge in [0.1, 0.15) is 0 Å². The number of Topliss-reactive ketones (excluding diaryl/α,β-unsaturated/α-hetero) is 1. The predicted molar refractivity (Wildman–Crippen MR) is 69.1 cm³/mol. The molecule has 1 aliphatic heterocycles. The fourth-order valence-electron chi connectivity index (χ4n) is 2.45. The van der Waals surface area contributed by atoms with Crippen molar-refractivity contribution in [3.05, 3.63) is 29.8 Å². The normalized spacial score (nSPS) is 16.9. The van der Waals surface area contributed by atoms with Crippen molar-refractivity contribution in [2.24, 2.45) is 0 Å². The summed E-state index contributed by atoms with van der Waals surface area (Å²) in [4.78, 5) is 24.8. The molecular formula is C14H17NO3. The van der Waals surface area contributed by atoms with Gasteiger partial charge >= 0.3 is 5.97 Å². The topological polar surface area (TPSA) is 57.6 Å². The molecular weight excluding hydrogens is 230 g/mol. The Morgan fingerprint density at radius 1 is 1.44 bits per heavy atom. The molecule has 0 fully saturated rings. The number of carbonyl (C=O) groups is 2. The van der Waals surface area contributed by atoms with Crippen LogP contribution in [0.25, 0.3) is 0 Å². The van der Waals surface area contributed by atoms with Crippen molar-refractivity contribution in [3.63, 3.8) is 0 Å². The lowest BCUT2D eigenvalue weighted by atomic mass is 10.1. The van der Waals surface area contributed by atoms with Crippen LogP contribution in [0.1, 0.15) is 36.5 Å². The first-order valence-corrected chi connectivity index (χ1v) is 6.20. The number of carbonyl (C=O) groups excluding carboxylic acids is 1. The summed E-state index contributed by atoms with van der Waals surface area (Å²) in [7, 11) is 0. The highest BCUT2D eigenvalue weighted by Crippen LogP contribution is 2.28. The van der Waals surface area contributed by atoms with Gasteiger partial charge < -0.3 is 10.0 Å². The fraction of sp³-hybridized carbons (Fsp3) is 0.429. The van der Waals surface area contributed by atoms with Crippen LogP contribution < -0.4 is 4.90 Å². The maximum absolute atomic E-state index is 12.0. The molecule has 0 bridgehead atoms. The van der Waals surface area contributed by atoms with Gasteiger partial charge in [-0.3, -0.25) is 9.59 Å². The van der Waals surface area contributed by atoms with Crippen LogP contribution in [0.5, 0.6) is 0 Å². The first-order chi connectivity index (χ1) is 8.59. The monoisotopic (exact) mass is 247 g/mol. The first-order valence-electron chi connectivity index (χ1n) is 6.20. The van der Waals surface area contributed by atoms with Crippen LogP contribution in [-0.4, -0.2) is 29.4 Å². The van der Waals surface area contributed by atoms with Gasteiger partial charge in [0.05, 0.1) is 6.42 Å². The number of hydrogen-bond donors (Lipinski definition) is 1. The number of carboxylic acid groups (broad SMARTS) is 1. The number of aliphatic carboxylic acids is 1. The summed E-state index contributed by atoms with van der Waals surface area (Å²) in [5, 5.41) is 8.89. The summed E-state index contributed by atoms with van der Waals surface area (Å²) in [6.45, 7) is 2.62. The standard InChI is InChI=1S/C14H17NO3/c1-10(9-14(17)18)15-8-4-7-13(16)11-5-2-3-6-12(11)15/h2-3,5-6,10H,4,7-9H2,1H3,(H,17,18). The number of anilines is 1. The van der Waals surface area contributed by atoms with Gasteiger partial charge in [-0.05, 0) is 25.5 Å². The Kier molecular flexibility index (Phi) is 3.65. The Labute approximate surface area is 106 Å². The molecule has 96 valence electrons. The number of carboxylic acids is 1. The van der Waals surface area contributed by atoms with Crippen LogP contribution in [0.3, 0.4) is 0 Å². The van der Waals surface area contributed by atoms with E-state index in [4.69, 9.17) is 5.11 Å². The zero-order chi connectivity index (χ0) is 13.1. The molecule has 0 aromatic heterocycles. The van der Waals surface area contributed by atoms with Gasteiger partial charge in [0, 0.05) is 30.3 Å². The Morgan fingerprint density at radius 2 is 2.17 bits per heavy atom. The molecule has 0 spiro atoms. The number of benzene rings is 1. The second kappa shape index (κ2) is 5.21. The molecule has 1 aromatic rings. The third-order valence-corrected chi connectivity index (χ3v) is 3.32. The van der Waals surface area contributed by atoms with Crippen LogP contribution in [0.4, 0.5) is 5.69 Å². The number of fused-ring (bicyclic) bond motifs is 1. The SMILES string of the molecule is CC(CC(=O)O)N1CCCC(=O)c2ccccc21. The Hall–Kier alpha value is -1.84. The Morgan fingerprint density at radius 3 is 2.89 bits per heavy atom. The van der Waals surface area contributed by atoms with Crippen molar-refractivity contribution in [1.82, 2.24) is 0 Å². The van der Waals surface area contributed by atoms with Crippen molar-refractivity contribution in [1.29, 1.82) is 0 Å². The Balaban J connectivity index is 2.34. The zero-order valence-corrected chi connectivity index (χ0v) is 10.4. The van der Waals surface area contributed by atoms with E-state index in [2.05, 4.69) is 0 Å². The molecule has 1 heterocycles. The molecule has 0 amide bonds. The van der Waals surface area contributed by atoms with Gasteiger partial charge in [-0.1, -0.05) is 12.1 Å². The molecule has 4 nitrogen and oxygen atoms in total. The lowest BCUT2D eigenvalue weighted by molar-refractivity contribution is -0.137. The van der Waals surface area contributed by atoms with E-state index >= 15 is 0 Å². The second-order valence-electron chi connectivity index (χ2n) is 4.68. The minimum Gasteiger partial charge on any atom is -0.481 e. The lowest BCUT2D eigenvalue weighted by Gasteiger charge is -2.30. The summed E-state index contributed by atoms with van der Waals surface area (Å²) < 4.78 is 0. The van der Waals surface area contributed by atoms with E-state index in [1.54, 1.807) is 0 Å². The van der Waals surface area contributed by atoms with Gasteiger partial charge in [0.25, 0.3) is 0 Å². The maximum Gasteiger partial charge on any atom is 0.305 e. The predicted octanol–water partition coefficient (Wildman–Crippen LogP) is 2.33. The largest absolute Gasteiger partial charge is 0.481 e. The van der Waals surface area contributed by atoms with E-state index in [1.165, 1.54) is 0 Å². The average molecular weight is 247 g/mol. The smallest absolute Gasteiger partial charge is 0.305 e. The third kappa shape index (κ3) is 2.53. The van der Waals surface area contributed by atoms with Gasteiger partial charge in [-0.15, -0.1) is 0 Å². The first kappa shape index (κ1) is 12.6. The number of nitrogens with zero attached hydrogens (tertiary/aromatic N) is 1. The summed E-state index contributed by atoms with van der Waals surface area (Å²) in [5.41, 5.74) is 1.58. The highest BCUT2D eigenvalue weighted by atomic mass is 16.4.